The molecule has 2 heterocycles. The summed E-state index contributed by atoms with van der Waals surface area (Å²) in [4.78, 5) is 24.1. The summed E-state index contributed by atoms with van der Waals surface area (Å²) in [6.07, 6.45) is -4.26. The maximum Gasteiger partial charge on any atom is 0.408 e. The number of halogens is 6. The lowest BCUT2D eigenvalue weighted by Gasteiger charge is -2.30. The van der Waals surface area contributed by atoms with Gasteiger partial charge in [0.2, 0.25) is 0 Å². The molecule has 1 aliphatic rings. The van der Waals surface area contributed by atoms with Gasteiger partial charge in [-0.05, 0) is 31.7 Å². The lowest BCUT2D eigenvalue weighted by molar-refractivity contribution is -0.142. The van der Waals surface area contributed by atoms with Crippen molar-refractivity contribution < 1.29 is 26.7 Å². The normalized spacial score (nSPS) is 19.2. The molecule has 0 saturated heterocycles. The molecule has 0 radical (unpaired) electrons. The van der Waals surface area contributed by atoms with Crippen LogP contribution in [0.4, 0.5) is 27.8 Å². The number of amides is 1. The second-order valence-electron chi connectivity index (χ2n) is 7.53. The minimum absolute atomic E-state index is 0.114. The Labute approximate surface area is 183 Å². The van der Waals surface area contributed by atoms with Crippen molar-refractivity contribution >= 4 is 23.3 Å². The van der Waals surface area contributed by atoms with E-state index in [4.69, 9.17) is 11.6 Å². The van der Waals surface area contributed by atoms with Crippen LogP contribution in [0.15, 0.2) is 17.1 Å². The minimum Gasteiger partial charge on any atom is -0.366 e. The van der Waals surface area contributed by atoms with Gasteiger partial charge in [0.1, 0.15) is 12.4 Å². The number of nitrogens with one attached hydrogen (secondary N) is 2. The second kappa shape index (κ2) is 9.43. The van der Waals surface area contributed by atoms with Crippen LogP contribution in [-0.4, -0.2) is 43.7 Å². The van der Waals surface area contributed by atoms with Gasteiger partial charge in [0, 0.05) is 25.3 Å². The van der Waals surface area contributed by atoms with Crippen LogP contribution in [0.1, 0.15) is 48.0 Å². The SMILES string of the molecule is Cn1nc(NC2CCC(NC(=O)c3cn(CC(F)(F)F)nc3Cl)CC2)cc(C(F)F)c1=O. The molecule has 1 aliphatic carbocycles. The summed E-state index contributed by atoms with van der Waals surface area (Å²) in [5, 5.41) is 12.9. The van der Waals surface area contributed by atoms with E-state index < -0.39 is 36.2 Å². The lowest BCUT2D eigenvalue weighted by Crippen LogP contribution is -2.40. The maximum atomic E-state index is 13.0. The van der Waals surface area contributed by atoms with E-state index in [1.807, 2.05) is 0 Å². The van der Waals surface area contributed by atoms with Crippen molar-refractivity contribution in [1.82, 2.24) is 24.9 Å². The Kier molecular flexibility index (Phi) is 7.06. The molecule has 1 saturated carbocycles. The van der Waals surface area contributed by atoms with Crippen molar-refractivity contribution in [1.29, 1.82) is 0 Å². The highest BCUT2D eigenvalue weighted by Crippen LogP contribution is 2.24. The summed E-state index contributed by atoms with van der Waals surface area (Å²) in [6, 6.07) is 0.672. The molecule has 2 N–H and O–H groups in total. The Bertz CT molecular complexity index is 1030. The molecule has 3 rings (SSSR count). The van der Waals surface area contributed by atoms with Gasteiger partial charge < -0.3 is 10.6 Å². The molecule has 32 heavy (non-hydrogen) atoms. The summed E-state index contributed by atoms with van der Waals surface area (Å²) in [5.41, 5.74) is -1.66. The third-order valence-corrected chi connectivity index (χ3v) is 5.32. The van der Waals surface area contributed by atoms with Gasteiger partial charge in [-0.25, -0.2) is 13.5 Å². The highest BCUT2D eigenvalue weighted by atomic mass is 35.5. The fourth-order valence-corrected chi connectivity index (χ4v) is 3.76. The van der Waals surface area contributed by atoms with Crippen molar-refractivity contribution in [2.45, 2.75) is 56.9 Å². The average molecular weight is 483 g/mol. The number of rotatable bonds is 6. The fraction of sp³-hybridized carbons (Fsp3) is 0.556. The molecule has 0 unspecified atom stereocenters. The molecule has 2 aromatic heterocycles. The first-order chi connectivity index (χ1) is 14.9. The van der Waals surface area contributed by atoms with Crippen molar-refractivity contribution in [3.8, 4) is 0 Å². The lowest BCUT2D eigenvalue weighted by atomic mass is 9.91. The zero-order valence-corrected chi connectivity index (χ0v) is 17.6. The Balaban J connectivity index is 1.55. The first-order valence-corrected chi connectivity index (χ1v) is 10.0. The van der Waals surface area contributed by atoms with E-state index >= 15 is 0 Å². The van der Waals surface area contributed by atoms with Crippen LogP contribution in [0.5, 0.6) is 0 Å². The largest absolute Gasteiger partial charge is 0.408 e. The van der Waals surface area contributed by atoms with Gasteiger partial charge >= 0.3 is 6.18 Å². The molecule has 0 spiro atoms. The van der Waals surface area contributed by atoms with Crippen molar-refractivity contribution in [3.05, 3.63) is 38.9 Å². The number of hydrogen-bond acceptors (Lipinski definition) is 5. The van der Waals surface area contributed by atoms with Gasteiger partial charge in [-0.15, -0.1) is 0 Å². The fourth-order valence-electron chi connectivity index (χ4n) is 3.53. The number of anilines is 1. The number of nitrogens with zero attached hydrogens (tertiary/aromatic N) is 4. The second-order valence-corrected chi connectivity index (χ2v) is 7.89. The zero-order chi connectivity index (χ0) is 23.6. The highest BCUT2D eigenvalue weighted by Gasteiger charge is 2.30. The van der Waals surface area contributed by atoms with E-state index in [0.717, 1.165) is 16.9 Å². The van der Waals surface area contributed by atoms with E-state index in [9.17, 15) is 31.5 Å². The van der Waals surface area contributed by atoms with E-state index in [-0.39, 0.29) is 28.6 Å². The Hall–Kier alpha value is -2.70. The third kappa shape index (κ3) is 5.96. The van der Waals surface area contributed by atoms with Crippen LogP contribution in [0.25, 0.3) is 0 Å². The van der Waals surface area contributed by atoms with Crippen LogP contribution >= 0.6 is 11.6 Å². The molecule has 0 aliphatic heterocycles. The molecular formula is C18H20ClF5N6O2. The predicted octanol–water partition coefficient (Wildman–Crippen LogP) is 3.28. The predicted molar refractivity (Wildman–Crippen MR) is 105 cm³/mol. The number of aromatic nitrogens is 4. The van der Waals surface area contributed by atoms with Crippen LogP contribution in [0.3, 0.4) is 0 Å². The van der Waals surface area contributed by atoms with E-state index in [1.165, 1.54) is 7.05 Å². The zero-order valence-electron chi connectivity index (χ0n) is 16.8. The number of alkyl halides is 5. The van der Waals surface area contributed by atoms with Gasteiger partial charge in [0.15, 0.2) is 5.15 Å². The van der Waals surface area contributed by atoms with Gasteiger partial charge in [0.05, 0.1) is 11.1 Å². The number of aryl methyl sites for hydroxylation is 1. The van der Waals surface area contributed by atoms with Crippen LogP contribution in [-0.2, 0) is 13.6 Å². The van der Waals surface area contributed by atoms with Gasteiger partial charge in [0.25, 0.3) is 17.9 Å². The molecule has 14 heteroatoms. The van der Waals surface area contributed by atoms with Gasteiger partial charge in [-0.2, -0.15) is 23.4 Å². The summed E-state index contributed by atoms with van der Waals surface area (Å²) in [5.74, 6) is -0.472. The highest BCUT2D eigenvalue weighted by molar-refractivity contribution is 6.32. The summed E-state index contributed by atoms with van der Waals surface area (Å²) in [7, 11) is 1.29. The number of hydrogen-bond donors (Lipinski definition) is 2. The Morgan fingerprint density at radius 3 is 2.44 bits per heavy atom. The van der Waals surface area contributed by atoms with Crippen LogP contribution in [0, 0.1) is 0 Å². The molecule has 1 amide bonds. The molecule has 0 atom stereocenters. The van der Waals surface area contributed by atoms with Crippen LogP contribution < -0.4 is 16.2 Å². The quantitative estimate of drug-likeness (QED) is 0.616. The Morgan fingerprint density at radius 1 is 1.22 bits per heavy atom. The van der Waals surface area contributed by atoms with Gasteiger partial charge in [-0.3, -0.25) is 14.3 Å². The van der Waals surface area contributed by atoms with Gasteiger partial charge in [-0.1, -0.05) is 11.6 Å². The molecule has 8 nitrogen and oxygen atoms in total. The monoisotopic (exact) mass is 482 g/mol. The smallest absolute Gasteiger partial charge is 0.366 e. The Morgan fingerprint density at radius 2 is 1.84 bits per heavy atom. The number of carbonyl (C=O) groups is 1. The van der Waals surface area contributed by atoms with E-state index in [1.54, 1.807) is 0 Å². The standard InChI is InChI=1S/C18H20ClF5N6O2/c1-29-17(32)11(15(20)21)6-13(27-29)25-9-2-4-10(5-3-9)26-16(31)12-7-30(28-14(12)19)8-18(22,23)24/h6-7,9-10,15H,2-5,8H2,1H3,(H,25,27)(H,26,31). The molecule has 0 bridgehead atoms. The summed E-state index contributed by atoms with van der Waals surface area (Å²) in [6.45, 7) is -1.36. The van der Waals surface area contributed by atoms with E-state index in [0.29, 0.717) is 30.4 Å². The van der Waals surface area contributed by atoms with Crippen molar-refractivity contribution in [2.75, 3.05) is 5.32 Å². The molecule has 0 aromatic carbocycles. The van der Waals surface area contributed by atoms with Crippen molar-refractivity contribution in [3.63, 3.8) is 0 Å². The molecule has 2 aromatic rings. The maximum absolute atomic E-state index is 13.0. The third-order valence-electron chi connectivity index (χ3n) is 5.04. The van der Waals surface area contributed by atoms with Crippen molar-refractivity contribution in [2.24, 2.45) is 7.05 Å². The first kappa shape index (κ1) is 24.0. The van der Waals surface area contributed by atoms with Crippen LogP contribution in [0.2, 0.25) is 5.15 Å². The minimum atomic E-state index is -4.50. The van der Waals surface area contributed by atoms with E-state index in [2.05, 4.69) is 20.8 Å². The average Bonchev–Trinajstić information content (AvgIpc) is 3.04. The first-order valence-electron chi connectivity index (χ1n) is 9.66. The molecule has 1 fully saturated rings. The molecular weight excluding hydrogens is 463 g/mol. The summed E-state index contributed by atoms with van der Waals surface area (Å²) < 4.78 is 64.9. The summed E-state index contributed by atoms with van der Waals surface area (Å²) >= 11 is 5.80. The topological polar surface area (TPSA) is 93.8 Å². The number of carbonyl (C=O) groups excluding carboxylic acids is 1. The molecule has 176 valence electrons.